The number of rotatable bonds is 5. The van der Waals surface area contributed by atoms with Gasteiger partial charge in [0.1, 0.15) is 6.61 Å². The summed E-state index contributed by atoms with van der Waals surface area (Å²) >= 11 is 0. The molecule has 0 spiro atoms. The monoisotopic (exact) mass is 198 g/mol. The molecule has 0 aliphatic heterocycles. The maximum Gasteiger partial charge on any atom is 0.246 e. The molecule has 0 aliphatic rings. The summed E-state index contributed by atoms with van der Waals surface area (Å²) in [6.45, 7) is 1.21. The number of methoxy groups -OCH3 is 1. The van der Waals surface area contributed by atoms with Gasteiger partial charge in [-0.25, -0.2) is 0 Å². The molecule has 1 rings (SSSR count). The number of nitrogens with two attached hydrogens (primary N) is 1. The first kappa shape index (κ1) is 10.5. The zero-order chi connectivity index (χ0) is 10.4. The number of ether oxygens (including phenoxy) is 1. The minimum absolute atomic E-state index is 0.0846. The Hall–Kier alpha value is -1.56. The van der Waals surface area contributed by atoms with Crippen LogP contribution in [0.2, 0.25) is 0 Å². The van der Waals surface area contributed by atoms with Crippen molar-refractivity contribution in [2.75, 3.05) is 26.0 Å². The van der Waals surface area contributed by atoms with E-state index in [2.05, 4.69) is 15.2 Å². The summed E-state index contributed by atoms with van der Waals surface area (Å²) in [5, 5.41) is 6.64. The standard InChI is InChI=1S/C8H14N4O2/c1-14-6-8(13)10-2-3-12-5-7(9)4-11-12/h4-5H,2-3,6,9H2,1H3,(H,10,13). The van der Waals surface area contributed by atoms with Crippen molar-refractivity contribution >= 4 is 11.6 Å². The number of hydrogen-bond acceptors (Lipinski definition) is 4. The maximum atomic E-state index is 10.9. The van der Waals surface area contributed by atoms with Crippen LogP contribution in [0.4, 0.5) is 5.69 Å². The average Bonchev–Trinajstić information content (AvgIpc) is 2.52. The van der Waals surface area contributed by atoms with Gasteiger partial charge in [-0.2, -0.15) is 5.10 Å². The number of nitrogens with one attached hydrogen (secondary N) is 1. The van der Waals surface area contributed by atoms with E-state index < -0.39 is 0 Å². The summed E-state index contributed by atoms with van der Waals surface area (Å²) in [5.74, 6) is -0.132. The normalized spacial score (nSPS) is 10.1. The predicted molar refractivity (Wildman–Crippen MR) is 51.5 cm³/mol. The first-order valence-corrected chi connectivity index (χ1v) is 4.26. The molecule has 0 bridgehead atoms. The zero-order valence-corrected chi connectivity index (χ0v) is 8.06. The summed E-state index contributed by atoms with van der Waals surface area (Å²) in [5.41, 5.74) is 6.09. The Labute approximate surface area is 82.0 Å². The summed E-state index contributed by atoms with van der Waals surface area (Å²) in [6.07, 6.45) is 3.28. The van der Waals surface area contributed by atoms with E-state index in [9.17, 15) is 4.79 Å². The fraction of sp³-hybridized carbons (Fsp3) is 0.500. The second kappa shape index (κ2) is 5.23. The summed E-state index contributed by atoms with van der Waals surface area (Å²) in [4.78, 5) is 10.9. The molecule has 0 unspecified atom stereocenters. The average molecular weight is 198 g/mol. The highest BCUT2D eigenvalue weighted by molar-refractivity contribution is 5.77. The molecule has 0 fully saturated rings. The summed E-state index contributed by atoms with van der Waals surface area (Å²) in [7, 11) is 1.48. The number of carbonyl (C=O) groups is 1. The van der Waals surface area contributed by atoms with E-state index in [0.717, 1.165) is 0 Å². The van der Waals surface area contributed by atoms with Gasteiger partial charge in [0.05, 0.1) is 18.4 Å². The number of nitrogen functional groups attached to an aromatic ring is 1. The van der Waals surface area contributed by atoms with E-state index in [1.807, 2.05) is 0 Å². The van der Waals surface area contributed by atoms with Crippen molar-refractivity contribution in [1.29, 1.82) is 0 Å². The van der Waals surface area contributed by atoms with Crippen LogP contribution < -0.4 is 11.1 Å². The van der Waals surface area contributed by atoms with Crippen LogP contribution in [-0.4, -0.2) is 35.9 Å². The van der Waals surface area contributed by atoms with Gasteiger partial charge in [0, 0.05) is 19.9 Å². The smallest absolute Gasteiger partial charge is 0.246 e. The van der Waals surface area contributed by atoms with E-state index in [-0.39, 0.29) is 12.5 Å². The Bertz CT molecular complexity index is 297. The van der Waals surface area contributed by atoms with Gasteiger partial charge in [-0.05, 0) is 0 Å². The van der Waals surface area contributed by atoms with Gasteiger partial charge in [0.2, 0.25) is 5.91 Å². The predicted octanol–water partition coefficient (Wildman–Crippen LogP) is -0.772. The largest absolute Gasteiger partial charge is 0.396 e. The molecule has 0 saturated carbocycles. The second-order valence-electron chi connectivity index (χ2n) is 2.82. The minimum Gasteiger partial charge on any atom is -0.396 e. The second-order valence-corrected chi connectivity index (χ2v) is 2.82. The van der Waals surface area contributed by atoms with Crippen LogP contribution in [0.5, 0.6) is 0 Å². The molecule has 78 valence electrons. The molecular formula is C8H14N4O2. The van der Waals surface area contributed by atoms with Gasteiger partial charge in [0.15, 0.2) is 0 Å². The molecule has 1 amide bonds. The van der Waals surface area contributed by atoms with Gasteiger partial charge in [-0.1, -0.05) is 0 Å². The Morgan fingerprint density at radius 3 is 3.14 bits per heavy atom. The van der Waals surface area contributed by atoms with Gasteiger partial charge >= 0.3 is 0 Å². The SMILES string of the molecule is COCC(=O)NCCn1cc(N)cn1. The van der Waals surface area contributed by atoms with Crippen molar-refractivity contribution in [2.45, 2.75) is 6.54 Å². The quantitative estimate of drug-likeness (QED) is 0.650. The molecule has 0 radical (unpaired) electrons. The van der Waals surface area contributed by atoms with E-state index in [4.69, 9.17) is 5.73 Å². The number of nitrogens with zero attached hydrogens (tertiary/aromatic N) is 2. The molecule has 0 aromatic carbocycles. The highest BCUT2D eigenvalue weighted by Gasteiger charge is 1.99. The van der Waals surface area contributed by atoms with Crippen molar-refractivity contribution in [3.05, 3.63) is 12.4 Å². The molecule has 1 aromatic rings. The fourth-order valence-electron chi connectivity index (χ4n) is 0.994. The van der Waals surface area contributed by atoms with Gasteiger partial charge in [-0.15, -0.1) is 0 Å². The lowest BCUT2D eigenvalue weighted by Gasteiger charge is -2.03. The van der Waals surface area contributed by atoms with E-state index in [0.29, 0.717) is 18.8 Å². The van der Waals surface area contributed by atoms with Crippen molar-refractivity contribution < 1.29 is 9.53 Å². The third-order valence-corrected chi connectivity index (χ3v) is 1.59. The number of anilines is 1. The maximum absolute atomic E-state index is 10.9. The summed E-state index contributed by atoms with van der Waals surface area (Å²) < 4.78 is 6.33. The van der Waals surface area contributed by atoms with Gasteiger partial charge in [-0.3, -0.25) is 9.48 Å². The zero-order valence-electron chi connectivity index (χ0n) is 8.06. The van der Waals surface area contributed by atoms with Gasteiger partial charge in [0.25, 0.3) is 0 Å². The molecule has 0 saturated heterocycles. The topological polar surface area (TPSA) is 82.2 Å². The number of amides is 1. The van der Waals surface area contributed by atoms with Gasteiger partial charge < -0.3 is 15.8 Å². The van der Waals surface area contributed by atoms with Crippen LogP contribution in [-0.2, 0) is 16.1 Å². The van der Waals surface area contributed by atoms with Crippen molar-refractivity contribution in [1.82, 2.24) is 15.1 Å². The molecular weight excluding hydrogens is 184 g/mol. The fourth-order valence-corrected chi connectivity index (χ4v) is 0.994. The Morgan fingerprint density at radius 1 is 1.79 bits per heavy atom. The van der Waals surface area contributed by atoms with E-state index in [1.54, 1.807) is 17.1 Å². The lowest BCUT2D eigenvalue weighted by Crippen LogP contribution is -2.30. The van der Waals surface area contributed by atoms with Crippen LogP contribution in [0.1, 0.15) is 0 Å². The highest BCUT2D eigenvalue weighted by atomic mass is 16.5. The molecule has 1 heterocycles. The first-order chi connectivity index (χ1) is 6.72. The Morgan fingerprint density at radius 2 is 2.57 bits per heavy atom. The van der Waals surface area contributed by atoms with Crippen molar-refractivity contribution in [3.8, 4) is 0 Å². The van der Waals surface area contributed by atoms with Crippen LogP contribution >= 0.6 is 0 Å². The van der Waals surface area contributed by atoms with Crippen LogP contribution in [0.25, 0.3) is 0 Å². The van der Waals surface area contributed by atoms with E-state index in [1.165, 1.54) is 7.11 Å². The number of hydrogen-bond donors (Lipinski definition) is 2. The van der Waals surface area contributed by atoms with Crippen molar-refractivity contribution in [2.24, 2.45) is 0 Å². The van der Waals surface area contributed by atoms with Crippen LogP contribution in [0.15, 0.2) is 12.4 Å². The molecule has 0 atom stereocenters. The number of aromatic nitrogens is 2. The molecule has 14 heavy (non-hydrogen) atoms. The Balaban J connectivity index is 2.18. The number of carbonyl (C=O) groups excluding carboxylic acids is 1. The first-order valence-electron chi connectivity index (χ1n) is 4.26. The molecule has 1 aromatic heterocycles. The highest BCUT2D eigenvalue weighted by Crippen LogP contribution is 1.96. The minimum atomic E-state index is -0.132. The molecule has 3 N–H and O–H groups in total. The van der Waals surface area contributed by atoms with Crippen LogP contribution in [0.3, 0.4) is 0 Å². The third kappa shape index (κ3) is 3.44. The van der Waals surface area contributed by atoms with Crippen LogP contribution in [0, 0.1) is 0 Å². The lowest BCUT2D eigenvalue weighted by atomic mass is 10.5. The lowest BCUT2D eigenvalue weighted by molar-refractivity contribution is -0.124. The Kier molecular flexibility index (Phi) is 3.93. The molecule has 6 nitrogen and oxygen atoms in total. The van der Waals surface area contributed by atoms with E-state index >= 15 is 0 Å². The third-order valence-electron chi connectivity index (χ3n) is 1.59. The summed E-state index contributed by atoms with van der Waals surface area (Å²) in [6, 6.07) is 0. The molecule has 6 heteroatoms. The van der Waals surface area contributed by atoms with Crippen molar-refractivity contribution in [3.63, 3.8) is 0 Å². The molecule has 0 aliphatic carbocycles.